The van der Waals surface area contributed by atoms with Crippen molar-refractivity contribution in [1.82, 2.24) is 34.1 Å². The Morgan fingerprint density at radius 2 is 1.50 bits per heavy atom. The summed E-state index contributed by atoms with van der Waals surface area (Å²) in [7, 11) is -4.60. The van der Waals surface area contributed by atoms with Crippen LogP contribution in [-0.2, 0) is 23.5 Å². The first kappa shape index (κ1) is 36.7. The van der Waals surface area contributed by atoms with Gasteiger partial charge in [0.1, 0.15) is 0 Å². The van der Waals surface area contributed by atoms with Gasteiger partial charge in [-0.2, -0.15) is 0 Å². The summed E-state index contributed by atoms with van der Waals surface area (Å²) < 4.78 is 32.0. The molecule has 7 rings (SSSR count). The molecule has 0 bridgehead atoms. The number of rotatable bonds is 12. The van der Waals surface area contributed by atoms with Crippen molar-refractivity contribution >= 4 is 42.9 Å². The second-order valence-electron chi connectivity index (χ2n) is 12.7. The minimum atomic E-state index is -4.60. The molecule has 7 N–H and O–H groups in total. The number of H-pyrrole nitrogens is 1. The third kappa shape index (κ3) is 8.13. The van der Waals surface area contributed by atoms with Crippen molar-refractivity contribution in [1.29, 1.82) is 0 Å². The topological polar surface area (TPSA) is 284 Å². The van der Waals surface area contributed by atoms with Gasteiger partial charge in [-0.3, -0.25) is 0 Å². The van der Waals surface area contributed by atoms with E-state index in [2.05, 4.69) is 24.9 Å². The molecular weight excluding hydrogens is 729 g/mol. The van der Waals surface area contributed by atoms with E-state index in [9.17, 15) is 29.0 Å². The van der Waals surface area contributed by atoms with Gasteiger partial charge in [0.05, 0.1) is 0 Å². The number of nitrogens with one attached hydrogen (secondary N) is 1. The van der Waals surface area contributed by atoms with E-state index in [-0.39, 0.29) is 54.2 Å². The van der Waals surface area contributed by atoms with Gasteiger partial charge in [0.25, 0.3) is 0 Å². The third-order valence-electron chi connectivity index (χ3n) is 9.02. The zero-order valence-corrected chi connectivity index (χ0v) is 29.3. The normalized spacial score (nSPS) is 23.0. The van der Waals surface area contributed by atoms with Crippen molar-refractivity contribution in [2.45, 2.75) is 43.6 Å². The number of hydrogen-bond acceptors (Lipinski definition) is 17. The first-order valence-electron chi connectivity index (χ1n) is 16.7. The van der Waals surface area contributed by atoms with Crippen LogP contribution in [0.25, 0.3) is 11.2 Å². The van der Waals surface area contributed by atoms with Gasteiger partial charge in [-0.25, -0.2) is 0 Å². The Morgan fingerprint density at radius 3 is 2.20 bits per heavy atom. The fourth-order valence-electron chi connectivity index (χ4n) is 6.41. The molecule has 54 heavy (non-hydrogen) atoms. The van der Waals surface area contributed by atoms with Gasteiger partial charge in [0.2, 0.25) is 0 Å². The Balaban J connectivity index is 1.08. The summed E-state index contributed by atoms with van der Waals surface area (Å²) in [5, 5.41) is 0. The van der Waals surface area contributed by atoms with Gasteiger partial charge in [-0.15, -0.1) is 0 Å². The zero-order chi connectivity index (χ0) is 38.0. The molecule has 5 heterocycles. The number of esters is 2. The molecule has 0 saturated carbocycles. The van der Waals surface area contributed by atoms with Gasteiger partial charge in [-0.1, -0.05) is 0 Å². The third-order valence-corrected chi connectivity index (χ3v) is 10.7. The maximum atomic E-state index is 13.1. The molecule has 2 unspecified atom stereocenters. The number of nitrogens with zero attached hydrogens (tertiary/aromatic N) is 6. The van der Waals surface area contributed by atoms with Crippen LogP contribution in [-0.4, -0.2) is 93.5 Å². The van der Waals surface area contributed by atoms with Crippen LogP contribution < -0.4 is 22.7 Å². The molecule has 3 aromatic heterocycles. The molecule has 0 aliphatic carbocycles. The Bertz CT molecular complexity index is 2250. The summed E-state index contributed by atoms with van der Waals surface area (Å²) >= 11 is 0. The van der Waals surface area contributed by atoms with Crippen LogP contribution in [0.3, 0.4) is 0 Å². The van der Waals surface area contributed by atoms with E-state index in [1.54, 1.807) is 60.7 Å². The molecule has 2 aromatic carbocycles. The summed E-state index contributed by atoms with van der Waals surface area (Å²) in [5.41, 5.74) is 10.7. The Kier molecular flexibility index (Phi) is 10.5. The molecule has 2 aliphatic rings. The second kappa shape index (κ2) is 15.4. The predicted molar refractivity (Wildman–Crippen MR) is 190 cm³/mol. The van der Waals surface area contributed by atoms with E-state index in [0.717, 1.165) is 10.9 Å². The summed E-state index contributed by atoms with van der Waals surface area (Å²) in [6.45, 7) is -0.712. The second-order valence-corrected chi connectivity index (χ2v) is 14.9. The predicted octanol–water partition coefficient (Wildman–Crippen LogP) is 0.706. The molecule has 2 saturated heterocycles. The van der Waals surface area contributed by atoms with E-state index in [0.29, 0.717) is 5.56 Å². The van der Waals surface area contributed by atoms with Gasteiger partial charge in [-0.05, 0) is 0 Å². The first-order valence-corrected chi connectivity index (χ1v) is 18.8. The molecule has 6 atom stereocenters. The molecule has 0 amide bonds. The molecule has 284 valence electrons. The number of imidazole rings is 1. The number of carbonyl (C=O) groups excluding carboxylic acids is 2. The van der Waals surface area contributed by atoms with Crippen molar-refractivity contribution in [3.63, 3.8) is 0 Å². The number of aromatic nitrogens is 7. The number of benzene rings is 2. The number of carbonyl (C=O) groups is 2. The number of hydrogen-bond donors (Lipinski definition) is 5. The Hall–Kier alpha value is -5.63. The van der Waals surface area contributed by atoms with Crippen molar-refractivity contribution in [3.8, 4) is 0 Å². The van der Waals surface area contributed by atoms with Crippen LogP contribution in [0.1, 0.15) is 46.0 Å². The van der Waals surface area contributed by atoms with E-state index in [1.807, 2.05) is 0 Å². The molecule has 5 aromatic rings. The summed E-state index contributed by atoms with van der Waals surface area (Å²) in [6.07, 6.45) is -2.40. The van der Waals surface area contributed by atoms with Crippen LogP contribution in [0.5, 0.6) is 0 Å². The maximum absolute atomic E-state index is 13.1. The fraction of sp³-hybridized carbons (Fsp3) is 0.333. The van der Waals surface area contributed by atoms with Crippen molar-refractivity contribution in [2.24, 2.45) is 5.92 Å². The van der Waals surface area contributed by atoms with Gasteiger partial charge in [0, 0.05) is 0 Å². The summed E-state index contributed by atoms with van der Waals surface area (Å²) in [5.74, 6) is -2.34. The quantitative estimate of drug-likeness (QED) is 0.0863. The number of fused-ring (bicyclic) bond motifs is 1. The van der Waals surface area contributed by atoms with Crippen molar-refractivity contribution < 1.29 is 42.8 Å². The number of aromatic amines is 1. The van der Waals surface area contributed by atoms with Crippen LogP contribution in [0.2, 0.25) is 0 Å². The average Bonchev–Trinajstić information content (AvgIpc) is 3.87. The molecule has 2 aliphatic heterocycles. The van der Waals surface area contributed by atoms with Crippen molar-refractivity contribution in [2.75, 3.05) is 30.8 Å². The Morgan fingerprint density at radius 1 is 0.852 bits per heavy atom. The summed E-state index contributed by atoms with van der Waals surface area (Å²) in [6, 6.07) is 16.5. The van der Waals surface area contributed by atoms with E-state index >= 15 is 0 Å². The molecule has 21 heteroatoms. The number of anilines is 2. The molecule has 20 nitrogen and oxygen atoms in total. The van der Waals surface area contributed by atoms with Crippen LogP contribution in [0.4, 0.5) is 11.9 Å². The Labute approximate surface area is 305 Å². The van der Waals surface area contributed by atoms with Gasteiger partial charge in [0.15, 0.2) is 0 Å². The summed E-state index contributed by atoms with van der Waals surface area (Å²) in [4.78, 5) is 91.7. The SMILES string of the molecule is Nc1ncn([C@H]2CC(C[PH](O)(O)OC[C@H]3O[C@@H](n4cnc5c(=O)[nH]c(N)nc54)CC3OC(=O)c3ccccc3)[C@@H](COC(=O)c3ccccc3)O2)c(=O)n1. The van der Waals surface area contributed by atoms with E-state index < -0.39 is 74.4 Å². The molecule has 0 radical (unpaired) electrons. The van der Waals surface area contributed by atoms with Crippen LogP contribution >= 0.6 is 7.94 Å². The molecule has 0 spiro atoms. The number of ether oxygens (including phenoxy) is 4. The van der Waals surface area contributed by atoms with Crippen molar-refractivity contribution in [3.05, 3.63) is 105 Å². The van der Waals surface area contributed by atoms with Crippen LogP contribution in [0.15, 0.2) is 82.9 Å². The fourth-order valence-corrected chi connectivity index (χ4v) is 8.07. The van der Waals surface area contributed by atoms with Gasteiger partial charge >= 0.3 is 305 Å². The number of nitrogen functional groups attached to an aromatic ring is 2. The van der Waals surface area contributed by atoms with E-state index in [1.165, 1.54) is 10.9 Å². The molecule has 2 fully saturated rings. The van der Waals surface area contributed by atoms with E-state index in [4.69, 9.17) is 34.9 Å². The minimum absolute atomic E-state index is 0.0105. The number of nitrogens with two attached hydrogens (primary N) is 2. The van der Waals surface area contributed by atoms with Gasteiger partial charge < -0.3 is 0 Å². The standard InChI is InChI=1S/C33H36N9O11P/c34-31-37-17-42(33(46)40-31)24-11-20(22(51-24)13-49-29(44)18-7-3-1-4-8-18)15-54(47,48)50-14-23-21(53-30(45)19-9-5-2-6-10-19)12-25(52-23)41-16-36-26-27(41)38-32(35)39-28(26)43/h1-10,16-17,20-25,47-48,54H,11-15H2,(H2,34,40,46)(H3,35,38,39,43)/t20?,21?,22-,23-,24-,25-/m1/s1. The van der Waals surface area contributed by atoms with Crippen LogP contribution in [0, 0.1) is 5.92 Å². The first-order chi connectivity index (χ1) is 25.9. The monoisotopic (exact) mass is 765 g/mol. The molecular formula is C33H36N9O11P. The zero-order valence-electron chi connectivity index (χ0n) is 28.3. The average molecular weight is 766 g/mol.